The predicted octanol–water partition coefficient (Wildman–Crippen LogP) is 0.747. The normalized spacial score (nSPS) is 12.5. The summed E-state index contributed by atoms with van der Waals surface area (Å²) >= 11 is 0. The first-order valence-corrected chi connectivity index (χ1v) is 4.31. The van der Waals surface area contributed by atoms with E-state index >= 15 is 0 Å². The van der Waals surface area contributed by atoms with Crippen LogP contribution in [0.2, 0.25) is 0 Å². The number of furan rings is 1. The van der Waals surface area contributed by atoms with Crippen molar-refractivity contribution in [2.75, 3.05) is 6.54 Å². The minimum atomic E-state index is -0.133. The first-order valence-electron chi connectivity index (χ1n) is 4.31. The van der Waals surface area contributed by atoms with Crippen LogP contribution in [0.5, 0.6) is 0 Å². The highest BCUT2D eigenvalue weighted by molar-refractivity contribution is 5.93. The first-order chi connectivity index (χ1) is 6.27. The molecule has 72 valence electrons. The van der Waals surface area contributed by atoms with Crippen LogP contribution in [-0.4, -0.2) is 18.5 Å². The lowest BCUT2D eigenvalue weighted by molar-refractivity contribution is 0.0936. The Morgan fingerprint density at radius 3 is 3.00 bits per heavy atom. The third kappa shape index (κ3) is 2.59. The summed E-state index contributed by atoms with van der Waals surface area (Å²) in [6.45, 7) is 2.44. The highest BCUT2D eigenvalue weighted by Gasteiger charge is 2.10. The molecule has 1 unspecified atom stereocenters. The highest BCUT2D eigenvalue weighted by atomic mass is 16.3. The third-order valence-corrected chi connectivity index (χ3v) is 1.90. The van der Waals surface area contributed by atoms with Gasteiger partial charge in [0.25, 0.3) is 5.91 Å². The third-order valence-electron chi connectivity index (χ3n) is 1.90. The van der Waals surface area contributed by atoms with E-state index in [2.05, 4.69) is 5.32 Å². The number of carbonyl (C=O) groups excluding carboxylic acids is 1. The van der Waals surface area contributed by atoms with E-state index in [9.17, 15) is 4.79 Å². The lowest BCUT2D eigenvalue weighted by Crippen LogP contribution is -2.39. The van der Waals surface area contributed by atoms with Gasteiger partial charge in [0.05, 0.1) is 11.8 Å². The summed E-state index contributed by atoms with van der Waals surface area (Å²) in [5.41, 5.74) is 5.98. The van der Waals surface area contributed by atoms with Crippen molar-refractivity contribution in [3.63, 3.8) is 0 Å². The molecule has 0 bridgehead atoms. The molecule has 0 spiro atoms. The second kappa shape index (κ2) is 4.67. The number of carbonyl (C=O) groups is 1. The van der Waals surface area contributed by atoms with Crippen LogP contribution in [0.15, 0.2) is 23.0 Å². The fraction of sp³-hybridized carbons (Fsp3) is 0.444. The van der Waals surface area contributed by atoms with E-state index in [0.29, 0.717) is 12.1 Å². The zero-order valence-corrected chi connectivity index (χ0v) is 7.62. The number of hydrogen-bond acceptors (Lipinski definition) is 3. The fourth-order valence-corrected chi connectivity index (χ4v) is 0.990. The Labute approximate surface area is 77.1 Å². The smallest absolute Gasteiger partial charge is 0.254 e. The van der Waals surface area contributed by atoms with Gasteiger partial charge < -0.3 is 15.5 Å². The van der Waals surface area contributed by atoms with Gasteiger partial charge in [-0.05, 0) is 12.5 Å². The molecular weight excluding hydrogens is 168 g/mol. The molecule has 0 radical (unpaired) electrons. The molecule has 0 fully saturated rings. The van der Waals surface area contributed by atoms with Gasteiger partial charge in [0.15, 0.2) is 0 Å². The average Bonchev–Trinajstić information content (AvgIpc) is 2.66. The van der Waals surface area contributed by atoms with Crippen LogP contribution in [0.1, 0.15) is 23.7 Å². The molecule has 0 aliphatic rings. The van der Waals surface area contributed by atoms with Crippen molar-refractivity contribution >= 4 is 5.91 Å². The van der Waals surface area contributed by atoms with Gasteiger partial charge in [0.2, 0.25) is 0 Å². The van der Waals surface area contributed by atoms with Crippen molar-refractivity contribution in [3.8, 4) is 0 Å². The number of hydrogen-bond donors (Lipinski definition) is 2. The van der Waals surface area contributed by atoms with Crippen LogP contribution in [0.25, 0.3) is 0 Å². The Balaban J connectivity index is 2.50. The second-order valence-electron chi connectivity index (χ2n) is 2.83. The molecule has 0 saturated carbocycles. The van der Waals surface area contributed by atoms with Crippen molar-refractivity contribution in [1.82, 2.24) is 5.32 Å². The van der Waals surface area contributed by atoms with Gasteiger partial charge in [0, 0.05) is 12.6 Å². The van der Waals surface area contributed by atoms with Gasteiger partial charge in [-0.1, -0.05) is 6.92 Å². The molecule has 0 saturated heterocycles. The van der Waals surface area contributed by atoms with E-state index in [1.807, 2.05) is 6.92 Å². The highest BCUT2D eigenvalue weighted by Crippen LogP contribution is 2.00. The van der Waals surface area contributed by atoms with Crippen molar-refractivity contribution in [2.24, 2.45) is 5.73 Å². The molecule has 4 heteroatoms. The zero-order chi connectivity index (χ0) is 9.68. The monoisotopic (exact) mass is 182 g/mol. The van der Waals surface area contributed by atoms with E-state index in [0.717, 1.165) is 6.42 Å². The molecule has 4 nitrogen and oxygen atoms in total. The molecule has 0 aliphatic heterocycles. The SMILES string of the molecule is CCC(CN)NC(=O)c1ccoc1. The maximum absolute atomic E-state index is 11.4. The van der Waals surface area contributed by atoms with Crippen LogP contribution >= 0.6 is 0 Å². The van der Waals surface area contributed by atoms with Crippen LogP contribution < -0.4 is 11.1 Å². The summed E-state index contributed by atoms with van der Waals surface area (Å²) in [5, 5.41) is 2.79. The van der Waals surface area contributed by atoms with E-state index in [4.69, 9.17) is 10.2 Å². The van der Waals surface area contributed by atoms with Gasteiger partial charge >= 0.3 is 0 Å². The van der Waals surface area contributed by atoms with Gasteiger partial charge in [-0.25, -0.2) is 0 Å². The molecule has 3 N–H and O–H groups in total. The number of nitrogens with two attached hydrogens (primary N) is 1. The zero-order valence-electron chi connectivity index (χ0n) is 7.62. The van der Waals surface area contributed by atoms with Gasteiger partial charge in [-0.2, -0.15) is 0 Å². The van der Waals surface area contributed by atoms with E-state index < -0.39 is 0 Å². The van der Waals surface area contributed by atoms with Crippen molar-refractivity contribution in [3.05, 3.63) is 24.2 Å². The van der Waals surface area contributed by atoms with Crippen molar-refractivity contribution in [1.29, 1.82) is 0 Å². The Hall–Kier alpha value is -1.29. The van der Waals surface area contributed by atoms with Gasteiger partial charge in [-0.15, -0.1) is 0 Å². The Morgan fingerprint density at radius 2 is 2.54 bits per heavy atom. The molecule has 1 aromatic heterocycles. The number of nitrogens with one attached hydrogen (secondary N) is 1. The standard InChI is InChI=1S/C9H14N2O2/c1-2-8(5-10)11-9(12)7-3-4-13-6-7/h3-4,6,8H,2,5,10H2,1H3,(H,11,12). The topological polar surface area (TPSA) is 68.3 Å². The van der Waals surface area contributed by atoms with Crippen LogP contribution in [0.4, 0.5) is 0 Å². The summed E-state index contributed by atoms with van der Waals surface area (Å²) in [5.74, 6) is -0.133. The molecule has 1 aromatic rings. The molecule has 0 aromatic carbocycles. The molecule has 0 aliphatic carbocycles. The van der Waals surface area contributed by atoms with Crippen LogP contribution in [0, 0.1) is 0 Å². The lowest BCUT2D eigenvalue weighted by Gasteiger charge is -2.13. The number of rotatable bonds is 4. The van der Waals surface area contributed by atoms with Crippen LogP contribution in [0.3, 0.4) is 0 Å². The first kappa shape index (κ1) is 9.80. The minimum absolute atomic E-state index is 0.0439. The maximum Gasteiger partial charge on any atom is 0.254 e. The minimum Gasteiger partial charge on any atom is -0.472 e. The Kier molecular flexibility index (Phi) is 3.52. The second-order valence-corrected chi connectivity index (χ2v) is 2.83. The predicted molar refractivity (Wildman–Crippen MR) is 49.3 cm³/mol. The van der Waals surface area contributed by atoms with Gasteiger partial charge in [0.1, 0.15) is 6.26 Å². The summed E-state index contributed by atoms with van der Waals surface area (Å²) < 4.78 is 4.79. The molecule has 1 heterocycles. The molecule has 1 amide bonds. The Morgan fingerprint density at radius 1 is 1.77 bits per heavy atom. The molecular formula is C9H14N2O2. The molecule has 13 heavy (non-hydrogen) atoms. The van der Waals surface area contributed by atoms with Crippen molar-refractivity contribution in [2.45, 2.75) is 19.4 Å². The van der Waals surface area contributed by atoms with E-state index in [1.54, 1.807) is 6.07 Å². The maximum atomic E-state index is 11.4. The molecule has 1 atom stereocenters. The molecule has 1 rings (SSSR count). The summed E-state index contributed by atoms with van der Waals surface area (Å²) in [6.07, 6.45) is 3.72. The summed E-state index contributed by atoms with van der Waals surface area (Å²) in [4.78, 5) is 11.4. The van der Waals surface area contributed by atoms with Crippen molar-refractivity contribution < 1.29 is 9.21 Å². The number of amides is 1. The summed E-state index contributed by atoms with van der Waals surface area (Å²) in [7, 11) is 0. The summed E-state index contributed by atoms with van der Waals surface area (Å²) in [6, 6.07) is 1.67. The average molecular weight is 182 g/mol. The van der Waals surface area contributed by atoms with Gasteiger partial charge in [-0.3, -0.25) is 4.79 Å². The fourth-order valence-electron chi connectivity index (χ4n) is 0.990. The quantitative estimate of drug-likeness (QED) is 0.721. The van der Waals surface area contributed by atoms with E-state index in [-0.39, 0.29) is 11.9 Å². The lowest BCUT2D eigenvalue weighted by atomic mass is 10.2. The largest absolute Gasteiger partial charge is 0.472 e. The Bertz CT molecular complexity index is 253. The van der Waals surface area contributed by atoms with E-state index in [1.165, 1.54) is 12.5 Å². The van der Waals surface area contributed by atoms with Crippen LogP contribution in [-0.2, 0) is 0 Å².